The molecule has 0 aliphatic rings. The molecule has 0 bridgehead atoms. The number of aliphatic carboxylic acids is 1. The second kappa shape index (κ2) is 18.6. The molecule has 2 rings (SSSR count). The Kier molecular flexibility index (Phi) is 15.0. The van der Waals surface area contributed by atoms with Crippen molar-refractivity contribution in [2.75, 3.05) is 6.54 Å². The molecular formula is C29H39N8O9. The van der Waals surface area contributed by atoms with Crippen LogP contribution in [0.5, 0.6) is 0 Å². The predicted molar refractivity (Wildman–Crippen MR) is 161 cm³/mol. The fraction of sp³-hybridized carbons (Fsp3) is 0.448. The summed E-state index contributed by atoms with van der Waals surface area (Å²) >= 11 is 0. The Morgan fingerprint density at radius 2 is 1.63 bits per heavy atom. The molecule has 1 heterocycles. The van der Waals surface area contributed by atoms with E-state index in [-0.39, 0.29) is 19.3 Å². The highest BCUT2D eigenvalue weighted by Crippen LogP contribution is 2.04. The van der Waals surface area contributed by atoms with Gasteiger partial charge in [-0.05, 0) is 25.8 Å². The second-order valence-corrected chi connectivity index (χ2v) is 10.5. The first-order valence-electron chi connectivity index (χ1n) is 14.3. The molecule has 5 amide bonds. The number of amides is 5. The van der Waals surface area contributed by atoms with Crippen LogP contribution in [0, 0.1) is 0 Å². The van der Waals surface area contributed by atoms with Gasteiger partial charge in [0.15, 0.2) is 0 Å². The van der Waals surface area contributed by atoms with Gasteiger partial charge in [-0.3, -0.25) is 33.6 Å². The van der Waals surface area contributed by atoms with Crippen molar-refractivity contribution in [3.8, 4) is 0 Å². The number of carbonyl (C=O) groups excluding carboxylic acids is 6. The number of hydrogen-bond acceptors (Lipinski definition) is 10. The molecule has 6 atom stereocenters. The fourth-order valence-corrected chi connectivity index (χ4v) is 4.09. The number of rotatable bonds is 19. The number of aromatic amines is 1. The highest BCUT2D eigenvalue weighted by Gasteiger charge is 2.29. The number of aliphatic hydroxyl groups is 1. The summed E-state index contributed by atoms with van der Waals surface area (Å²) in [6.07, 6.45) is 2.64. The molecule has 1 aromatic carbocycles. The van der Waals surface area contributed by atoms with E-state index in [1.54, 1.807) is 42.8 Å². The van der Waals surface area contributed by atoms with E-state index in [1.807, 2.05) is 0 Å². The van der Waals surface area contributed by atoms with E-state index in [2.05, 4.69) is 36.6 Å². The van der Waals surface area contributed by atoms with Crippen LogP contribution in [0.25, 0.3) is 0 Å². The largest absolute Gasteiger partial charge is 0.481 e. The number of imidazole rings is 1. The Morgan fingerprint density at radius 1 is 0.935 bits per heavy atom. The highest BCUT2D eigenvalue weighted by atomic mass is 16.4. The van der Waals surface area contributed by atoms with Crippen LogP contribution < -0.4 is 32.3 Å². The summed E-state index contributed by atoms with van der Waals surface area (Å²) < 4.78 is 0. The quantitative estimate of drug-likeness (QED) is 0.0742. The number of carboxylic acids is 1. The van der Waals surface area contributed by atoms with Crippen molar-refractivity contribution in [1.82, 2.24) is 36.6 Å². The Labute approximate surface area is 264 Å². The predicted octanol–water partition coefficient (Wildman–Crippen LogP) is -3.05. The number of hydrogen-bond donors (Lipinski definition) is 9. The van der Waals surface area contributed by atoms with Crippen molar-refractivity contribution in [3.05, 3.63) is 54.1 Å². The number of nitrogens with two attached hydrogens (primary N) is 1. The first-order valence-corrected chi connectivity index (χ1v) is 14.3. The molecule has 0 unspecified atom stereocenters. The standard InChI is InChI=1S/C29H39N8O9/c1-16(34-27(44)21(30)11-19-12-31-15-33-19)26(43)36-22(8-9-24(41)42)28(45)32-13-23(40)37-25(17(2)39)29(46)35-20(14-38)10-18-6-4-3-5-7-18/h3-7,12,15-17,20-22,25,39H,8-11,13,30H2,1-2H3,(H,31,33)(H,32,45)(H,34,44)(H,35,46)(H,36,43)(H,37,40)(H,41,42)/t16-,17-,20+,21+,22+,25+/m1/s1. The molecule has 1 aromatic heterocycles. The molecule has 17 heteroatoms. The lowest BCUT2D eigenvalue weighted by molar-refractivity contribution is -0.138. The lowest BCUT2D eigenvalue weighted by Crippen LogP contribution is -2.57. The van der Waals surface area contributed by atoms with Crippen LogP contribution in [0.3, 0.4) is 0 Å². The number of nitrogens with zero attached hydrogens (tertiary/aromatic N) is 1. The molecule has 17 nitrogen and oxygen atoms in total. The van der Waals surface area contributed by atoms with Crippen molar-refractivity contribution in [1.29, 1.82) is 0 Å². The van der Waals surface area contributed by atoms with Crippen molar-refractivity contribution in [2.24, 2.45) is 5.73 Å². The van der Waals surface area contributed by atoms with Crippen LogP contribution in [0.15, 0.2) is 42.9 Å². The number of nitrogens with one attached hydrogen (secondary N) is 6. The zero-order chi connectivity index (χ0) is 34.2. The third kappa shape index (κ3) is 12.8. The van der Waals surface area contributed by atoms with Gasteiger partial charge in [-0.2, -0.15) is 0 Å². The van der Waals surface area contributed by atoms with E-state index in [4.69, 9.17) is 10.8 Å². The summed E-state index contributed by atoms with van der Waals surface area (Å²) in [6.45, 7) is 1.86. The summed E-state index contributed by atoms with van der Waals surface area (Å²) in [5, 5.41) is 30.9. The number of benzene rings is 1. The molecule has 1 radical (unpaired) electrons. The van der Waals surface area contributed by atoms with Gasteiger partial charge in [0.2, 0.25) is 35.8 Å². The van der Waals surface area contributed by atoms with Crippen molar-refractivity contribution in [3.63, 3.8) is 0 Å². The Morgan fingerprint density at radius 3 is 2.22 bits per heavy atom. The molecular weight excluding hydrogens is 604 g/mol. The van der Waals surface area contributed by atoms with Gasteiger partial charge >= 0.3 is 5.97 Å². The van der Waals surface area contributed by atoms with Crippen LogP contribution in [-0.2, 0) is 46.4 Å². The molecule has 0 aliphatic carbocycles. The molecule has 0 fully saturated rings. The van der Waals surface area contributed by atoms with Crippen LogP contribution in [0.2, 0.25) is 0 Å². The summed E-state index contributed by atoms with van der Waals surface area (Å²) in [6, 6.07) is 2.62. The first kappa shape index (κ1) is 37.0. The van der Waals surface area contributed by atoms with Crippen molar-refractivity contribution in [2.45, 2.75) is 75.8 Å². The Bertz CT molecular complexity index is 1340. The number of aliphatic hydroxyl groups excluding tert-OH is 1. The van der Waals surface area contributed by atoms with Crippen LogP contribution in [0.1, 0.15) is 37.9 Å². The zero-order valence-corrected chi connectivity index (χ0v) is 25.3. The van der Waals surface area contributed by atoms with Gasteiger partial charge in [-0.1, -0.05) is 30.3 Å². The van der Waals surface area contributed by atoms with Crippen molar-refractivity contribution >= 4 is 41.8 Å². The molecule has 0 aliphatic heterocycles. The minimum Gasteiger partial charge on any atom is -0.481 e. The normalized spacial score (nSPS) is 14.7. The number of carbonyl (C=O) groups is 6. The minimum atomic E-state index is -1.50. The average Bonchev–Trinajstić information content (AvgIpc) is 3.53. The molecule has 46 heavy (non-hydrogen) atoms. The Balaban J connectivity index is 1.94. The van der Waals surface area contributed by atoms with Gasteiger partial charge in [0.1, 0.15) is 18.1 Å². The summed E-state index contributed by atoms with van der Waals surface area (Å²) in [5.74, 6) is -5.43. The molecule has 0 spiro atoms. The lowest BCUT2D eigenvalue weighted by atomic mass is 10.1. The molecule has 0 saturated heterocycles. The van der Waals surface area contributed by atoms with E-state index >= 15 is 0 Å². The molecule has 2 aromatic rings. The first-order chi connectivity index (χ1) is 21.8. The maximum Gasteiger partial charge on any atom is 0.303 e. The smallest absolute Gasteiger partial charge is 0.303 e. The molecule has 0 saturated carbocycles. The SMILES string of the molecule is C[C@@H](NC(=O)[C@@H](N)Cc1c[nH]cn1)C(=O)N[C@@H](CCC(=O)O)C(=O)NCC(=O)N[C@H](C(=O)N[C@H]([C]=O)Cc1ccccc1)[C@@H](C)O. The Hall–Kier alpha value is -5.16. The average molecular weight is 644 g/mol. The van der Waals surface area contributed by atoms with Crippen molar-refractivity contribution < 1.29 is 43.8 Å². The number of H-pyrrole nitrogens is 1. The zero-order valence-electron chi connectivity index (χ0n) is 25.3. The number of carboxylic acid groups (broad SMARTS) is 1. The third-order valence-corrected chi connectivity index (χ3v) is 6.60. The van der Waals surface area contributed by atoms with Gasteiger partial charge in [0.25, 0.3) is 0 Å². The summed E-state index contributed by atoms with van der Waals surface area (Å²) in [7, 11) is 0. The highest BCUT2D eigenvalue weighted by molar-refractivity contribution is 5.95. The minimum absolute atomic E-state index is 0.0940. The fourth-order valence-electron chi connectivity index (χ4n) is 4.09. The second-order valence-electron chi connectivity index (χ2n) is 10.5. The number of aromatic nitrogens is 2. The monoisotopic (exact) mass is 643 g/mol. The van der Waals surface area contributed by atoms with Gasteiger partial charge in [-0.25, -0.2) is 4.98 Å². The summed E-state index contributed by atoms with van der Waals surface area (Å²) in [4.78, 5) is 92.6. The van der Waals surface area contributed by atoms with Crippen LogP contribution in [-0.4, -0.2) is 105 Å². The van der Waals surface area contributed by atoms with E-state index in [9.17, 15) is 38.7 Å². The maximum absolute atomic E-state index is 12.9. The third-order valence-electron chi connectivity index (χ3n) is 6.60. The lowest BCUT2D eigenvalue weighted by Gasteiger charge is -2.24. The van der Waals surface area contributed by atoms with Crippen LogP contribution in [0.4, 0.5) is 0 Å². The van der Waals surface area contributed by atoms with E-state index in [1.165, 1.54) is 20.2 Å². The topological polar surface area (TPSA) is 275 Å². The summed E-state index contributed by atoms with van der Waals surface area (Å²) in [5.41, 5.74) is 7.14. The van der Waals surface area contributed by atoms with Gasteiger partial charge in [0.05, 0.1) is 36.8 Å². The van der Waals surface area contributed by atoms with E-state index < -0.39 is 84.8 Å². The van der Waals surface area contributed by atoms with Gasteiger partial charge in [-0.15, -0.1) is 0 Å². The van der Waals surface area contributed by atoms with Crippen LogP contribution >= 0.6 is 0 Å². The maximum atomic E-state index is 12.9. The van der Waals surface area contributed by atoms with Gasteiger partial charge < -0.3 is 47.5 Å². The molecule has 10 N–H and O–H groups in total. The molecule has 249 valence electrons. The van der Waals surface area contributed by atoms with E-state index in [0.29, 0.717) is 5.69 Å². The van der Waals surface area contributed by atoms with Gasteiger partial charge in [0, 0.05) is 25.5 Å². The van der Waals surface area contributed by atoms with E-state index in [0.717, 1.165) is 5.56 Å².